The average molecular weight is 397 g/mol. The second kappa shape index (κ2) is 6.57. The molecular weight excluding hydrogens is 373 g/mol. The first-order valence-corrected chi connectivity index (χ1v) is 10.1. The van der Waals surface area contributed by atoms with Gasteiger partial charge in [-0.15, -0.1) is 0 Å². The van der Waals surface area contributed by atoms with Crippen molar-refractivity contribution in [3.05, 3.63) is 42.0 Å². The molecule has 0 N–H and O–H groups in total. The van der Waals surface area contributed by atoms with Gasteiger partial charge >= 0.3 is 0 Å². The van der Waals surface area contributed by atoms with Crippen LogP contribution >= 0.6 is 0 Å². The molecule has 1 aromatic heterocycles. The number of carbonyl (C=O) groups excluding carboxylic acids is 2. The standard InChI is InChI=1S/C21H24FN5O2/c1-24-19(28)12-15(20(24)17-7-8-23-25(17)2)21(29)27-10-9-26(14-4-5-14)18-11-13(22)3-6-16(18)27/h3,6-8,11,14-15,20H,4-5,9-10,12H2,1-2H3. The molecular formula is C21H24FN5O2. The Kier molecular flexibility index (Phi) is 4.11. The van der Waals surface area contributed by atoms with Crippen LogP contribution in [-0.2, 0) is 16.6 Å². The van der Waals surface area contributed by atoms with E-state index in [2.05, 4.69) is 10.00 Å². The molecule has 2 aliphatic heterocycles. The number of hydrogen-bond acceptors (Lipinski definition) is 4. The van der Waals surface area contributed by atoms with Crippen LogP contribution in [0.4, 0.5) is 15.8 Å². The number of amides is 2. The summed E-state index contributed by atoms with van der Waals surface area (Å²) >= 11 is 0. The Bertz CT molecular complexity index is 985. The molecule has 29 heavy (non-hydrogen) atoms. The third-order valence-electron chi connectivity index (χ3n) is 6.42. The van der Waals surface area contributed by atoms with Crippen LogP contribution in [0.1, 0.15) is 31.0 Å². The fourth-order valence-corrected chi connectivity index (χ4v) is 4.77. The maximum absolute atomic E-state index is 14.0. The van der Waals surface area contributed by atoms with Crippen LogP contribution < -0.4 is 9.80 Å². The number of nitrogens with zero attached hydrogens (tertiary/aromatic N) is 5. The molecule has 5 rings (SSSR count). The number of halogens is 1. The molecule has 2 unspecified atom stereocenters. The van der Waals surface area contributed by atoms with E-state index in [1.54, 1.807) is 33.8 Å². The number of rotatable bonds is 3. The summed E-state index contributed by atoms with van der Waals surface area (Å²) in [5.74, 6) is -0.928. The Labute approximate surface area is 168 Å². The maximum atomic E-state index is 14.0. The smallest absolute Gasteiger partial charge is 0.233 e. The van der Waals surface area contributed by atoms with E-state index >= 15 is 0 Å². The molecule has 2 atom stereocenters. The van der Waals surface area contributed by atoms with Gasteiger partial charge in [0.15, 0.2) is 0 Å². The lowest BCUT2D eigenvalue weighted by atomic mass is 9.95. The quantitative estimate of drug-likeness (QED) is 0.796. The summed E-state index contributed by atoms with van der Waals surface area (Å²) in [6.45, 7) is 1.22. The van der Waals surface area contributed by atoms with Gasteiger partial charge in [-0.05, 0) is 37.1 Å². The highest BCUT2D eigenvalue weighted by Crippen LogP contribution is 2.43. The second-order valence-electron chi connectivity index (χ2n) is 8.19. The SMILES string of the molecule is CN1C(=O)CC(C(=O)N2CCN(C3CC3)c3cc(F)ccc32)C1c1ccnn1C. The van der Waals surface area contributed by atoms with Crippen molar-refractivity contribution in [3.63, 3.8) is 0 Å². The highest BCUT2D eigenvalue weighted by molar-refractivity contribution is 6.02. The van der Waals surface area contributed by atoms with E-state index in [1.807, 2.05) is 13.1 Å². The van der Waals surface area contributed by atoms with Gasteiger partial charge in [0, 0.05) is 45.8 Å². The number of carbonyl (C=O) groups is 2. The first-order chi connectivity index (χ1) is 14.0. The highest BCUT2D eigenvalue weighted by atomic mass is 19.1. The molecule has 8 heteroatoms. The monoisotopic (exact) mass is 397 g/mol. The van der Waals surface area contributed by atoms with Crippen molar-refractivity contribution in [1.82, 2.24) is 14.7 Å². The number of aromatic nitrogens is 2. The molecule has 2 amide bonds. The molecule has 1 aromatic carbocycles. The largest absolute Gasteiger partial charge is 0.365 e. The Hall–Kier alpha value is -2.90. The van der Waals surface area contributed by atoms with E-state index in [-0.39, 0.29) is 30.1 Å². The van der Waals surface area contributed by atoms with Crippen LogP contribution in [0.25, 0.3) is 0 Å². The van der Waals surface area contributed by atoms with Crippen molar-refractivity contribution in [2.75, 3.05) is 29.9 Å². The van der Waals surface area contributed by atoms with Gasteiger partial charge in [-0.1, -0.05) is 0 Å². The number of aryl methyl sites for hydroxylation is 1. The molecule has 0 radical (unpaired) electrons. The number of anilines is 2. The lowest BCUT2D eigenvalue weighted by Crippen LogP contribution is -2.47. The van der Waals surface area contributed by atoms with Crippen LogP contribution in [0.15, 0.2) is 30.5 Å². The first-order valence-electron chi connectivity index (χ1n) is 10.1. The van der Waals surface area contributed by atoms with Gasteiger partial charge in [0.2, 0.25) is 11.8 Å². The summed E-state index contributed by atoms with van der Waals surface area (Å²) in [7, 11) is 3.56. The number of likely N-dealkylation sites (tertiary alicyclic amines) is 1. The zero-order valence-electron chi connectivity index (χ0n) is 16.6. The minimum Gasteiger partial charge on any atom is -0.365 e. The van der Waals surface area contributed by atoms with Crippen LogP contribution in [-0.4, -0.2) is 52.7 Å². The lowest BCUT2D eigenvalue weighted by Gasteiger charge is -2.39. The predicted octanol–water partition coefficient (Wildman–Crippen LogP) is 2.09. The van der Waals surface area contributed by atoms with E-state index in [1.165, 1.54) is 12.1 Å². The third kappa shape index (κ3) is 2.89. The summed E-state index contributed by atoms with van der Waals surface area (Å²) in [5.41, 5.74) is 2.36. The van der Waals surface area contributed by atoms with Gasteiger partial charge in [0.25, 0.3) is 0 Å². The van der Waals surface area contributed by atoms with Crippen LogP contribution in [0.2, 0.25) is 0 Å². The molecule has 7 nitrogen and oxygen atoms in total. The lowest BCUT2D eigenvalue weighted by molar-refractivity contribution is -0.128. The number of benzene rings is 1. The molecule has 0 bridgehead atoms. The van der Waals surface area contributed by atoms with Crippen LogP contribution in [0.3, 0.4) is 0 Å². The Morgan fingerprint density at radius 1 is 1.14 bits per heavy atom. The number of hydrogen-bond donors (Lipinski definition) is 0. The van der Waals surface area contributed by atoms with Crippen molar-refractivity contribution in [3.8, 4) is 0 Å². The van der Waals surface area contributed by atoms with Crippen LogP contribution in [0, 0.1) is 11.7 Å². The van der Waals surface area contributed by atoms with Crippen molar-refractivity contribution in [2.24, 2.45) is 13.0 Å². The Morgan fingerprint density at radius 2 is 1.93 bits per heavy atom. The van der Waals surface area contributed by atoms with Gasteiger partial charge < -0.3 is 14.7 Å². The molecule has 1 aliphatic carbocycles. The minimum atomic E-state index is -0.492. The fourth-order valence-electron chi connectivity index (χ4n) is 4.77. The first kappa shape index (κ1) is 18.1. The Morgan fingerprint density at radius 3 is 2.62 bits per heavy atom. The zero-order chi connectivity index (χ0) is 20.3. The van der Waals surface area contributed by atoms with Gasteiger partial charge in [-0.25, -0.2) is 4.39 Å². The van der Waals surface area contributed by atoms with E-state index in [0.29, 0.717) is 19.1 Å². The number of fused-ring (bicyclic) bond motifs is 1. The highest BCUT2D eigenvalue weighted by Gasteiger charge is 2.47. The molecule has 152 valence electrons. The van der Waals surface area contributed by atoms with E-state index in [0.717, 1.165) is 29.9 Å². The summed E-state index contributed by atoms with van der Waals surface area (Å²) in [6.07, 6.45) is 4.06. The molecule has 0 spiro atoms. The summed E-state index contributed by atoms with van der Waals surface area (Å²) in [5, 5.41) is 4.21. The topological polar surface area (TPSA) is 61.7 Å². The summed E-state index contributed by atoms with van der Waals surface area (Å²) in [6, 6.07) is 6.56. The van der Waals surface area contributed by atoms with Crippen molar-refractivity contribution in [2.45, 2.75) is 31.3 Å². The summed E-state index contributed by atoms with van der Waals surface area (Å²) in [4.78, 5) is 31.8. The van der Waals surface area contributed by atoms with E-state index in [4.69, 9.17) is 0 Å². The van der Waals surface area contributed by atoms with Gasteiger partial charge in [-0.2, -0.15) is 5.10 Å². The van der Waals surface area contributed by atoms with Crippen LogP contribution in [0.5, 0.6) is 0 Å². The zero-order valence-corrected chi connectivity index (χ0v) is 16.6. The molecule has 3 heterocycles. The van der Waals surface area contributed by atoms with Gasteiger partial charge in [-0.3, -0.25) is 14.3 Å². The molecule has 3 aliphatic rings. The predicted molar refractivity (Wildman–Crippen MR) is 106 cm³/mol. The molecule has 2 fully saturated rings. The Balaban J connectivity index is 1.50. The van der Waals surface area contributed by atoms with Crippen molar-refractivity contribution < 1.29 is 14.0 Å². The van der Waals surface area contributed by atoms with E-state index in [9.17, 15) is 14.0 Å². The molecule has 1 saturated carbocycles. The van der Waals surface area contributed by atoms with Crippen molar-refractivity contribution >= 4 is 23.2 Å². The fraction of sp³-hybridized carbons (Fsp3) is 0.476. The van der Waals surface area contributed by atoms with E-state index < -0.39 is 5.92 Å². The van der Waals surface area contributed by atoms with Gasteiger partial charge in [0.05, 0.1) is 29.0 Å². The van der Waals surface area contributed by atoms with Gasteiger partial charge in [0.1, 0.15) is 5.82 Å². The van der Waals surface area contributed by atoms with Crippen molar-refractivity contribution in [1.29, 1.82) is 0 Å². The third-order valence-corrected chi connectivity index (χ3v) is 6.42. The second-order valence-corrected chi connectivity index (χ2v) is 8.19. The molecule has 2 aromatic rings. The minimum absolute atomic E-state index is 0.0505. The summed E-state index contributed by atoms with van der Waals surface area (Å²) < 4.78 is 15.7. The maximum Gasteiger partial charge on any atom is 0.233 e. The average Bonchev–Trinajstić information content (AvgIpc) is 3.40. The normalized spacial score (nSPS) is 24.2. The molecule has 1 saturated heterocycles.